The zero-order chi connectivity index (χ0) is 24.5. The van der Waals surface area contributed by atoms with Gasteiger partial charge in [-0.25, -0.2) is 14.4 Å². The Bertz CT molecular complexity index is 1160. The Morgan fingerprint density at radius 1 is 1.03 bits per heavy atom. The number of carbonyl (C=O) groups is 3. The maximum Gasteiger partial charge on any atom is 0.444 e. The Hall–Kier alpha value is -4.09. The second kappa shape index (κ2) is 9.04. The summed E-state index contributed by atoms with van der Waals surface area (Å²) in [7, 11) is 1.53. The third-order valence-electron chi connectivity index (χ3n) is 5.21. The summed E-state index contributed by atoms with van der Waals surface area (Å²) in [5, 5.41) is 1.02. The normalized spacial score (nSPS) is 16.4. The molecule has 0 bridgehead atoms. The fraction of sp³-hybridized carbons (Fsp3) is 0.273. The quantitative estimate of drug-likeness (QED) is 0.613. The molecule has 0 aromatic heterocycles. The van der Waals surface area contributed by atoms with E-state index in [0.29, 0.717) is 28.1 Å². The van der Waals surface area contributed by atoms with Crippen LogP contribution in [0.1, 0.15) is 23.1 Å². The minimum atomic E-state index is -4.59. The Balaban J connectivity index is 1.55. The number of amides is 2. The fourth-order valence-electron chi connectivity index (χ4n) is 3.51. The highest BCUT2D eigenvalue weighted by atomic mass is 19.4. The summed E-state index contributed by atoms with van der Waals surface area (Å²) in [6, 6.07) is 7.80. The lowest BCUT2D eigenvalue weighted by atomic mass is 9.95. The molecular weight excluding hydrogens is 459 g/mol. The summed E-state index contributed by atoms with van der Waals surface area (Å²) < 4.78 is 43.8. The highest BCUT2D eigenvalue weighted by Gasteiger charge is 2.38. The van der Waals surface area contributed by atoms with Crippen LogP contribution in [0.5, 0.6) is 5.75 Å². The van der Waals surface area contributed by atoms with E-state index in [2.05, 4.69) is 4.99 Å². The van der Waals surface area contributed by atoms with Crippen molar-refractivity contribution in [3.05, 3.63) is 59.2 Å². The molecule has 12 heteroatoms. The van der Waals surface area contributed by atoms with Crippen molar-refractivity contribution in [2.45, 2.75) is 19.0 Å². The third-order valence-corrected chi connectivity index (χ3v) is 5.21. The number of hydrogen-bond acceptors (Lipinski definition) is 7. The van der Waals surface area contributed by atoms with Crippen molar-refractivity contribution in [2.24, 2.45) is 4.99 Å². The highest BCUT2D eigenvalue weighted by Crippen LogP contribution is 2.31. The predicted octanol–water partition coefficient (Wildman–Crippen LogP) is 3.31. The Morgan fingerprint density at radius 3 is 2.41 bits per heavy atom. The molecule has 0 N–H and O–H groups in total. The van der Waals surface area contributed by atoms with Crippen molar-refractivity contribution in [2.75, 3.05) is 25.3 Å². The standard InChI is InChI=1S/C22H18F3N3O6/c1-32-16-7-2-13-8-10-26-18(17(13)12-16)9-11-27-21(31)28(34-20(30)19(29)33-27)15-5-3-14(4-6-15)22(23,24)25/h2-7,12H,8-11H2,1H3. The monoisotopic (exact) mass is 477 g/mol. The van der Waals surface area contributed by atoms with Gasteiger partial charge < -0.3 is 14.4 Å². The van der Waals surface area contributed by atoms with E-state index in [1.165, 1.54) is 7.11 Å². The Kier molecular flexibility index (Phi) is 6.14. The zero-order valence-electron chi connectivity index (χ0n) is 17.8. The number of methoxy groups -OCH3 is 1. The van der Waals surface area contributed by atoms with E-state index in [1.807, 2.05) is 18.2 Å². The predicted molar refractivity (Wildman–Crippen MR) is 111 cm³/mol. The van der Waals surface area contributed by atoms with Crippen LogP contribution in [0.15, 0.2) is 47.5 Å². The molecule has 2 amide bonds. The summed E-state index contributed by atoms with van der Waals surface area (Å²) in [6.45, 7) is 0.343. The van der Waals surface area contributed by atoms with E-state index in [-0.39, 0.29) is 18.7 Å². The lowest BCUT2D eigenvalue weighted by Gasteiger charge is -2.24. The van der Waals surface area contributed by atoms with Crippen LogP contribution >= 0.6 is 0 Å². The number of rotatable bonds is 5. The van der Waals surface area contributed by atoms with E-state index < -0.39 is 29.7 Å². The smallest absolute Gasteiger partial charge is 0.444 e. The van der Waals surface area contributed by atoms with Crippen molar-refractivity contribution in [1.82, 2.24) is 5.06 Å². The van der Waals surface area contributed by atoms with Gasteiger partial charge in [-0.2, -0.15) is 13.2 Å². The number of urea groups is 1. The summed E-state index contributed by atoms with van der Waals surface area (Å²) in [4.78, 5) is 50.9. The van der Waals surface area contributed by atoms with Gasteiger partial charge in [0.25, 0.3) is 0 Å². The zero-order valence-corrected chi connectivity index (χ0v) is 17.8. The summed E-state index contributed by atoms with van der Waals surface area (Å²) in [6.07, 6.45) is -3.71. The van der Waals surface area contributed by atoms with Gasteiger partial charge in [-0.05, 0) is 48.4 Å². The maximum atomic E-state index is 13.0. The number of fused-ring (bicyclic) bond motifs is 1. The second-order valence-electron chi connectivity index (χ2n) is 7.33. The molecule has 0 atom stereocenters. The number of benzene rings is 2. The molecule has 0 unspecified atom stereocenters. The van der Waals surface area contributed by atoms with Crippen LogP contribution in [0.4, 0.5) is 23.7 Å². The van der Waals surface area contributed by atoms with Crippen molar-refractivity contribution >= 4 is 29.4 Å². The van der Waals surface area contributed by atoms with Crippen molar-refractivity contribution in [1.29, 1.82) is 0 Å². The molecule has 0 radical (unpaired) electrons. The van der Waals surface area contributed by atoms with Crippen LogP contribution in [0.25, 0.3) is 0 Å². The van der Waals surface area contributed by atoms with Gasteiger partial charge >= 0.3 is 24.1 Å². The van der Waals surface area contributed by atoms with Crippen LogP contribution in [0.2, 0.25) is 0 Å². The second-order valence-corrected chi connectivity index (χ2v) is 7.33. The van der Waals surface area contributed by atoms with Gasteiger partial charge in [0.2, 0.25) is 0 Å². The van der Waals surface area contributed by atoms with Gasteiger partial charge in [-0.15, -0.1) is 10.1 Å². The van der Waals surface area contributed by atoms with E-state index in [9.17, 15) is 27.6 Å². The molecular formula is C22H18F3N3O6. The molecule has 178 valence electrons. The highest BCUT2D eigenvalue weighted by molar-refractivity contribution is 6.30. The number of carbonyl (C=O) groups excluding carboxylic acids is 3. The van der Waals surface area contributed by atoms with E-state index in [4.69, 9.17) is 14.4 Å². The molecule has 0 spiro atoms. The molecule has 1 fully saturated rings. The van der Waals surface area contributed by atoms with E-state index in [1.54, 1.807) is 0 Å². The summed E-state index contributed by atoms with van der Waals surface area (Å²) in [5.41, 5.74) is 1.35. The number of halogens is 3. The number of hydrogen-bond donors (Lipinski definition) is 0. The van der Waals surface area contributed by atoms with E-state index in [0.717, 1.165) is 41.8 Å². The molecule has 2 aromatic rings. The fourth-order valence-corrected chi connectivity index (χ4v) is 3.51. The van der Waals surface area contributed by atoms with Crippen LogP contribution in [0, 0.1) is 0 Å². The van der Waals surface area contributed by atoms with Crippen molar-refractivity contribution in [3.63, 3.8) is 0 Å². The first-order valence-corrected chi connectivity index (χ1v) is 10.1. The molecule has 9 nitrogen and oxygen atoms in total. The van der Waals surface area contributed by atoms with Gasteiger partial charge in [-0.3, -0.25) is 4.99 Å². The first kappa shape index (κ1) is 23.1. The lowest BCUT2D eigenvalue weighted by Crippen LogP contribution is -2.42. The van der Waals surface area contributed by atoms with Crippen LogP contribution < -0.4 is 9.80 Å². The molecule has 2 aliphatic rings. The molecule has 34 heavy (non-hydrogen) atoms. The Labute approximate surface area is 191 Å². The number of aliphatic imine (C=N–C) groups is 1. The number of hydroxylamine groups is 3. The first-order valence-electron chi connectivity index (χ1n) is 10.1. The minimum Gasteiger partial charge on any atom is -0.497 e. The summed E-state index contributed by atoms with van der Waals surface area (Å²) >= 11 is 0. The molecule has 2 heterocycles. The van der Waals surface area contributed by atoms with Gasteiger partial charge in [0.15, 0.2) is 0 Å². The van der Waals surface area contributed by atoms with Gasteiger partial charge in [0.05, 0.1) is 24.9 Å². The van der Waals surface area contributed by atoms with Crippen molar-refractivity contribution in [3.8, 4) is 5.75 Å². The maximum absolute atomic E-state index is 13.0. The average Bonchev–Trinajstić information content (AvgIpc) is 2.93. The van der Waals surface area contributed by atoms with Gasteiger partial charge in [0, 0.05) is 24.2 Å². The molecule has 1 saturated heterocycles. The topological polar surface area (TPSA) is 97.7 Å². The SMILES string of the molecule is COc1ccc2c(c1)C(CCN1OC(=O)C(=O)ON(c3ccc(C(F)(F)F)cc3)C1=O)=NCC2. The summed E-state index contributed by atoms with van der Waals surface area (Å²) in [5.74, 6) is -2.32. The number of nitrogens with zero attached hydrogens (tertiary/aromatic N) is 3. The molecule has 0 aliphatic carbocycles. The minimum absolute atomic E-state index is 0.161. The molecule has 2 aliphatic heterocycles. The van der Waals surface area contributed by atoms with Crippen molar-refractivity contribution < 1.29 is 42.0 Å². The lowest BCUT2D eigenvalue weighted by molar-refractivity contribution is -0.182. The number of alkyl halides is 3. The van der Waals surface area contributed by atoms with Crippen LogP contribution in [-0.4, -0.2) is 48.9 Å². The number of ether oxygens (including phenoxy) is 1. The largest absolute Gasteiger partial charge is 0.497 e. The molecule has 4 rings (SSSR count). The number of anilines is 1. The molecule has 2 aromatic carbocycles. The molecule has 0 saturated carbocycles. The third kappa shape index (κ3) is 4.65. The van der Waals surface area contributed by atoms with E-state index >= 15 is 0 Å². The Morgan fingerprint density at radius 2 is 1.74 bits per heavy atom. The average molecular weight is 477 g/mol. The van der Waals surface area contributed by atoms with Gasteiger partial charge in [-0.1, -0.05) is 6.07 Å². The van der Waals surface area contributed by atoms with Crippen LogP contribution in [-0.2, 0) is 31.9 Å². The van der Waals surface area contributed by atoms with Gasteiger partial charge in [0.1, 0.15) is 5.75 Å². The van der Waals surface area contributed by atoms with Crippen LogP contribution in [0.3, 0.4) is 0 Å². The first-order chi connectivity index (χ1) is 16.2.